The molecule has 2 aromatic carbocycles. The van der Waals surface area contributed by atoms with Crippen LogP contribution in [0.15, 0.2) is 54.7 Å². The van der Waals surface area contributed by atoms with Crippen LogP contribution in [0.25, 0.3) is 10.9 Å². The third-order valence-corrected chi connectivity index (χ3v) is 3.63. The van der Waals surface area contributed by atoms with E-state index in [2.05, 4.69) is 10.3 Å². The number of aromatic amines is 1. The first-order valence-electron chi connectivity index (χ1n) is 7.46. The number of aromatic hydroxyl groups is 1. The number of hydrogen-bond acceptors (Lipinski definition) is 3. The van der Waals surface area contributed by atoms with Crippen LogP contribution < -0.4 is 5.32 Å². The van der Waals surface area contributed by atoms with Crippen molar-refractivity contribution in [3.8, 4) is 5.75 Å². The van der Waals surface area contributed by atoms with E-state index in [-0.39, 0.29) is 12.4 Å². The molecule has 0 bridgehead atoms. The molecule has 5 heteroatoms. The number of phenolic OH excluding ortho intramolecular Hbond substituents is 1. The quantitative estimate of drug-likeness (QED) is 0.676. The van der Waals surface area contributed by atoms with Crippen molar-refractivity contribution >= 4 is 17.0 Å². The van der Waals surface area contributed by atoms with Gasteiger partial charge in [-0.25, -0.2) is 4.79 Å². The predicted octanol–water partition coefficient (Wildman–Crippen LogP) is 3.34. The van der Waals surface area contributed by atoms with Gasteiger partial charge in [-0.1, -0.05) is 30.3 Å². The second-order valence-electron chi connectivity index (χ2n) is 5.28. The molecule has 0 saturated heterocycles. The van der Waals surface area contributed by atoms with E-state index < -0.39 is 6.09 Å². The number of H-pyrrole nitrogens is 1. The van der Waals surface area contributed by atoms with Crippen molar-refractivity contribution in [1.29, 1.82) is 0 Å². The third-order valence-electron chi connectivity index (χ3n) is 3.63. The van der Waals surface area contributed by atoms with E-state index in [0.29, 0.717) is 13.0 Å². The minimum absolute atomic E-state index is 0.230. The lowest BCUT2D eigenvalue weighted by atomic mass is 10.1. The fraction of sp³-hybridized carbons (Fsp3) is 0.167. The number of benzene rings is 2. The van der Waals surface area contributed by atoms with Crippen LogP contribution >= 0.6 is 0 Å². The molecule has 118 valence electrons. The fourth-order valence-corrected chi connectivity index (χ4v) is 2.45. The summed E-state index contributed by atoms with van der Waals surface area (Å²) >= 11 is 0. The molecule has 0 spiro atoms. The number of rotatable bonds is 5. The summed E-state index contributed by atoms with van der Waals surface area (Å²) in [5, 5.41) is 13.3. The second kappa shape index (κ2) is 6.87. The monoisotopic (exact) mass is 310 g/mol. The van der Waals surface area contributed by atoms with Gasteiger partial charge in [0.1, 0.15) is 12.4 Å². The lowest BCUT2D eigenvalue weighted by Gasteiger charge is -2.07. The van der Waals surface area contributed by atoms with Gasteiger partial charge in [0.15, 0.2) is 0 Å². The predicted molar refractivity (Wildman–Crippen MR) is 88.3 cm³/mol. The van der Waals surface area contributed by atoms with Crippen LogP contribution in [0.5, 0.6) is 5.75 Å². The molecule has 1 aromatic heterocycles. The van der Waals surface area contributed by atoms with Crippen LogP contribution in [0.1, 0.15) is 11.1 Å². The van der Waals surface area contributed by atoms with Crippen molar-refractivity contribution in [2.45, 2.75) is 13.0 Å². The van der Waals surface area contributed by atoms with Gasteiger partial charge in [0.05, 0.1) is 0 Å². The lowest BCUT2D eigenvalue weighted by Crippen LogP contribution is -2.26. The standard InChI is InChI=1S/C18H18N2O3/c21-15-6-7-17-16(10-15)14(11-20-17)8-9-19-18(22)23-12-13-4-2-1-3-5-13/h1-7,10-11,20-21H,8-9,12H2,(H,19,22). The normalized spacial score (nSPS) is 10.6. The first-order chi connectivity index (χ1) is 11.2. The number of carbonyl (C=O) groups excluding carboxylic acids is 1. The highest BCUT2D eigenvalue weighted by atomic mass is 16.5. The lowest BCUT2D eigenvalue weighted by molar-refractivity contribution is 0.140. The summed E-state index contributed by atoms with van der Waals surface area (Å²) in [5.74, 6) is 0.230. The molecule has 3 aromatic rings. The van der Waals surface area contributed by atoms with Crippen LogP contribution in [-0.4, -0.2) is 22.7 Å². The van der Waals surface area contributed by atoms with Crippen molar-refractivity contribution in [1.82, 2.24) is 10.3 Å². The number of fused-ring (bicyclic) bond motifs is 1. The number of aromatic nitrogens is 1. The number of ether oxygens (including phenoxy) is 1. The van der Waals surface area contributed by atoms with Crippen LogP contribution in [0.3, 0.4) is 0 Å². The zero-order chi connectivity index (χ0) is 16.1. The average molecular weight is 310 g/mol. The van der Waals surface area contributed by atoms with E-state index >= 15 is 0 Å². The molecule has 0 aliphatic carbocycles. The van der Waals surface area contributed by atoms with E-state index in [1.807, 2.05) is 42.6 Å². The number of phenols is 1. The summed E-state index contributed by atoms with van der Waals surface area (Å²) in [6, 6.07) is 14.7. The Bertz CT molecular complexity index is 796. The Morgan fingerprint density at radius 1 is 1.17 bits per heavy atom. The minimum atomic E-state index is -0.434. The summed E-state index contributed by atoms with van der Waals surface area (Å²) in [5.41, 5.74) is 2.96. The Balaban J connectivity index is 1.48. The molecule has 0 aliphatic rings. The van der Waals surface area contributed by atoms with Crippen molar-refractivity contribution in [2.75, 3.05) is 6.54 Å². The molecule has 0 saturated carbocycles. The Morgan fingerprint density at radius 2 is 2.00 bits per heavy atom. The zero-order valence-corrected chi connectivity index (χ0v) is 12.6. The van der Waals surface area contributed by atoms with E-state index in [9.17, 15) is 9.90 Å². The molecule has 0 fully saturated rings. The van der Waals surface area contributed by atoms with Crippen molar-refractivity contribution in [2.24, 2.45) is 0 Å². The van der Waals surface area contributed by atoms with E-state index in [0.717, 1.165) is 22.0 Å². The molecular formula is C18H18N2O3. The highest BCUT2D eigenvalue weighted by Crippen LogP contribution is 2.22. The second-order valence-corrected chi connectivity index (χ2v) is 5.28. The number of alkyl carbamates (subject to hydrolysis) is 1. The number of amides is 1. The van der Waals surface area contributed by atoms with E-state index in [1.54, 1.807) is 12.1 Å². The smallest absolute Gasteiger partial charge is 0.407 e. The maximum atomic E-state index is 11.7. The molecule has 0 unspecified atom stereocenters. The maximum Gasteiger partial charge on any atom is 0.407 e. The van der Waals surface area contributed by atoms with Crippen LogP contribution in [0, 0.1) is 0 Å². The van der Waals surface area contributed by atoms with E-state index in [1.165, 1.54) is 0 Å². The van der Waals surface area contributed by atoms with Crippen molar-refractivity contribution in [3.05, 3.63) is 65.9 Å². The molecular weight excluding hydrogens is 292 g/mol. The average Bonchev–Trinajstić information content (AvgIpc) is 2.96. The zero-order valence-electron chi connectivity index (χ0n) is 12.6. The van der Waals surface area contributed by atoms with Gasteiger partial charge in [0.2, 0.25) is 0 Å². The van der Waals surface area contributed by atoms with Crippen LogP contribution in [-0.2, 0) is 17.8 Å². The van der Waals surface area contributed by atoms with Crippen molar-refractivity contribution in [3.63, 3.8) is 0 Å². The summed E-state index contributed by atoms with van der Waals surface area (Å²) in [4.78, 5) is 14.8. The van der Waals surface area contributed by atoms with Crippen molar-refractivity contribution < 1.29 is 14.6 Å². The highest BCUT2D eigenvalue weighted by Gasteiger charge is 2.06. The van der Waals surface area contributed by atoms with Gasteiger partial charge in [-0.05, 0) is 35.7 Å². The largest absolute Gasteiger partial charge is 0.508 e. The molecule has 3 N–H and O–H groups in total. The molecule has 1 amide bonds. The first kappa shape index (κ1) is 15.0. The molecule has 0 radical (unpaired) electrons. The highest BCUT2D eigenvalue weighted by molar-refractivity contribution is 5.84. The summed E-state index contributed by atoms with van der Waals surface area (Å²) in [7, 11) is 0. The van der Waals surface area contributed by atoms with Gasteiger partial charge in [-0.2, -0.15) is 0 Å². The molecule has 5 nitrogen and oxygen atoms in total. The third kappa shape index (κ3) is 3.83. The Hall–Kier alpha value is -2.95. The summed E-state index contributed by atoms with van der Waals surface area (Å²) in [6.07, 6.45) is 2.11. The number of hydrogen-bond donors (Lipinski definition) is 3. The minimum Gasteiger partial charge on any atom is -0.508 e. The van der Waals surface area contributed by atoms with Gasteiger partial charge in [0, 0.05) is 23.6 Å². The van der Waals surface area contributed by atoms with Gasteiger partial charge < -0.3 is 20.1 Å². The van der Waals surface area contributed by atoms with E-state index in [4.69, 9.17) is 4.74 Å². The maximum absolute atomic E-state index is 11.7. The number of nitrogens with one attached hydrogen (secondary N) is 2. The van der Waals surface area contributed by atoms with Crippen LogP contribution in [0.2, 0.25) is 0 Å². The Kier molecular flexibility index (Phi) is 4.47. The SMILES string of the molecule is O=C(NCCc1c[nH]c2ccc(O)cc12)OCc1ccccc1. The van der Waals surface area contributed by atoms with Gasteiger partial charge in [-0.3, -0.25) is 0 Å². The summed E-state index contributed by atoms with van der Waals surface area (Å²) < 4.78 is 5.16. The molecule has 0 aliphatic heterocycles. The topological polar surface area (TPSA) is 74.4 Å². The molecule has 3 rings (SSSR count). The van der Waals surface area contributed by atoms with Gasteiger partial charge in [0.25, 0.3) is 0 Å². The molecule has 1 heterocycles. The van der Waals surface area contributed by atoms with Gasteiger partial charge >= 0.3 is 6.09 Å². The van der Waals surface area contributed by atoms with Crippen LogP contribution in [0.4, 0.5) is 4.79 Å². The summed E-state index contributed by atoms with van der Waals surface area (Å²) in [6.45, 7) is 0.726. The number of carbonyl (C=O) groups is 1. The molecule has 0 atom stereocenters. The fourth-order valence-electron chi connectivity index (χ4n) is 2.45. The van der Waals surface area contributed by atoms with Gasteiger partial charge in [-0.15, -0.1) is 0 Å². The Labute approximate surface area is 133 Å². The first-order valence-corrected chi connectivity index (χ1v) is 7.46. The molecule has 23 heavy (non-hydrogen) atoms. The Morgan fingerprint density at radius 3 is 2.83 bits per heavy atom.